The number of hydrogen-bond donors (Lipinski definition) is 1. The highest BCUT2D eigenvalue weighted by molar-refractivity contribution is 5.78. The lowest BCUT2D eigenvalue weighted by atomic mass is 9.96. The maximum atomic E-state index is 11.9. The van der Waals surface area contributed by atoms with E-state index in [4.69, 9.17) is 9.15 Å². The summed E-state index contributed by atoms with van der Waals surface area (Å²) in [5.41, 5.74) is 0.815. The van der Waals surface area contributed by atoms with Gasteiger partial charge in [0, 0.05) is 11.4 Å². The Labute approximate surface area is 124 Å². The number of nitrogens with one attached hydrogen (secondary N) is 1. The van der Waals surface area contributed by atoms with Gasteiger partial charge in [0.1, 0.15) is 11.3 Å². The van der Waals surface area contributed by atoms with E-state index in [2.05, 4.69) is 5.32 Å². The predicted octanol–water partition coefficient (Wildman–Crippen LogP) is 4.55. The summed E-state index contributed by atoms with van der Waals surface area (Å²) in [6.45, 7) is 1.83. The number of rotatable bonds is 3. The summed E-state index contributed by atoms with van der Waals surface area (Å²) in [7, 11) is 0. The summed E-state index contributed by atoms with van der Waals surface area (Å²) in [6.07, 6.45) is 5.00. The predicted molar refractivity (Wildman–Crippen MR) is 81.1 cm³/mol. The third-order valence-corrected chi connectivity index (χ3v) is 4.06. The second-order valence-corrected chi connectivity index (χ2v) is 5.71. The van der Waals surface area contributed by atoms with Crippen molar-refractivity contribution in [3.8, 4) is 0 Å². The van der Waals surface area contributed by atoms with Crippen molar-refractivity contribution in [2.24, 2.45) is 0 Å². The topological polar surface area (TPSA) is 51.5 Å². The van der Waals surface area contributed by atoms with Gasteiger partial charge in [-0.2, -0.15) is 0 Å². The Balaban J connectivity index is 1.59. The average Bonchev–Trinajstić information content (AvgIpc) is 2.92. The van der Waals surface area contributed by atoms with Gasteiger partial charge in [0.15, 0.2) is 6.10 Å². The number of ether oxygens (including phenoxy) is 1. The molecule has 112 valence electrons. The molecular formula is C17H21NO3. The second kappa shape index (κ2) is 6.20. The Hall–Kier alpha value is -1.97. The molecule has 4 heteroatoms. The fourth-order valence-electron chi connectivity index (χ4n) is 2.87. The maximum Gasteiger partial charge on any atom is 0.408 e. The van der Waals surface area contributed by atoms with Crippen LogP contribution < -0.4 is 5.32 Å². The molecule has 0 radical (unpaired) electrons. The van der Waals surface area contributed by atoms with E-state index < -0.39 is 0 Å². The molecule has 0 saturated heterocycles. The van der Waals surface area contributed by atoms with Gasteiger partial charge in [-0.25, -0.2) is 4.79 Å². The zero-order valence-electron chi connectivity index (χ0n) is 12.3. The molecule has 1 N–H and O–H groups in total. The summed E-state index contributed by atoms with van der Waals surface area (Å²) in [4.78, 5) is 11.9. The van der Waals surface area contributed by atoms with Gasteiger partial charge in [-0.05, 0) is 31.9 Å². The van der Waals surface area contributed by atoms with E-state index in [1.54, 1.807) is 0 Å². The van der Waals surface area contributed by atoms with Crippen LogP contribution in [0.25, 0.3) is 11.0 Å². The fourth-order valence-corrected chi connectivity index (χ4v) is 2.87. The molecule has 1 saturated carbocycles. The SMILES string of the molecule is CC(OC(=O)NC1CCCCC1)c1cc2ccccc2o1. The first-order chi connectivity index (χ1) is 10.2. The molecule has 1 unspecified atom stereocenters. The van der Waals surface area contributed by atoms with Crippen molar-refractivity contribution in [1.82, 2.24) is 5.32 Å². The molecule has 1 aliphatic carbocycles. The van der Waals surface area contributed by atoms with Crippen molar-refractivity contribution in [2.45, 2.75) is 51.2 Å². The monoisotopic (exact) mass is 287 g/mol. The van der Waals surface area contributed by atoms with Gasteiger partial charge in [-0.3, -0.25) is 0 Å². The molecule has 0 spiro atoms. The van der Waals surface area contributed by atoms with Crippen molar-refractivity contribution >= 4 is 17.1 Å². The van der Waals surface area contributed by atoms with Crippen LogP contribution in [0.1, 0.15) is 50.9 Å². The third-order valence-electron chi connectivity index (χ3n) is 4.06. The Kier molecular flexibility index (Phi) is 4.13. The van der Waals surface area contributed by atoms with Crippen molar-refractivity contribution in [1.29, 1.82) is 0 Å². The number of carbonyl (C=O) groups is 1. The van der Waals surface area contributed by atoms with Crippen molar-refractivity contribution in [3.05, 3.63) is 36.1 Å². The fraction of sp³-hybridized carbons (Fsp3) is 0.471. The second-order valence-electron chi connectivity index (χ2n) is 5.71. The van der Waals surface area contributed by atoms with E-state index in [9.17, 15) is 4.79 Å². The number of furan rings is 1. The number of fused-ring (bicyclic) bond motifs is 1. The number of benzene rings is 1. The van der Waals surface area contributed by atoms with Crippen LogP contribution in [-0.2, 0) is 4.74 Å². The minimum absolute atomic E-state index is 0.258. The van der Waals surface area contributed by atoms with Gasteiger partial charge in [-0.1, -0.05) is 37.5 Å². The van der Waals surface area contributed by atoms with Crippen LogP contribution in [-0.4, -0.2) is 12.1 Å². The lowest BCUT2D eigenvalue weighted by Gasteiger charge is -2.23. The highest BCUT2D eigenvalue weighted by atomic mass is 16.6. The summed E-state index contributed by atoms with van der Waals surface area (Å²) >= 11 is 0. The number of carbonyl (C=O) groups excluding carboxylic acids is 1. The molecule has 0 aliphatic heterocycles. The quantitative estimate of drug-likeness (QED) is 0.900. The van der Waals surface area contributed by atoms with E-state index >= 15 is 0 Å². The highest BCUT2D eigenvalue weighted by Crippen LogP contribution is 2.26. The van der Waals surface area contributed by atoms with Crippen LogP contribution >= 0.6 is 0 Å². The molecular weight excluding hydrogens is 266 g/mol. The molecule has 2 aromatic rings. The smallest absolute Gasteiger partial charge is 0.408 e. The standard InChI is InChI=1S/C17H21NO3/c1-12(16-11-13-7-5-6-10-15(13)21-16)20-17(19)18-14-8-3-2-4-9-14/h5-7,10-12,14H,2-4,8-9H2,1H3,(H,18,19). The average molecular weight is 287 g/mol. The largest absolute Gasteiger partial charge is 0.457 e. The number of para-hydroxylation sites is 1. The highest BCUT2D eigenvalue weighted by Gasteiger charge is 2.20. The Morgan fingerprint density at radius 3 is 2.81 bits per heavy atom. The lowest BCUT2D eigenvalue weighted by molar-refractivity contribution is 0.0912. The van der Waals surface area contributed by atoms with Gasteiger partial charge in [0.2, 0.25) is 0 Å². The van der Waals surface area contributed by atoms with Crippen molar-refractivity contribution in [3.63, 3.8) is 0 Å². The Bertz CT molecular complexity index is 580. The van der Waals surface area contributed by atoms with Crippen LogP contribution in [0.5, 0.6) is 0 Å². The van der Waals surface area contributed by atoms with E-state index in [0.29, 0.717) is 5.76 Å². The molecule has 1 atom stereocenters. The minimum Gasteiger partial charge on any atom is -0.457 e. The molecule has 3 rings (SSSR count). The van der Waals surface area contributed by atoms with Crippen LogP contribution in [0.15, 0.2) is 34.7 Å². The molecule has 1 aliphatic rings. The van der Waals surface area contributed by atoms with Crippen LogP contribution in [0.2, 0.25) is 0 Å². The minimum atomic E-state index is -0.388. The molecule has 21 heavy (non-hydrogen) atoms. The van der Waals surface area contributed by atoms with Gasteiger partial charge in [0.25, 0.3) is 0 Å². The van der Waals surface area contributed by atoms with E-state index in [1.165, 1.54) is 19.3 Å². The maximum absolute atomic E-state index is 11.9. The van der Waals surface area contributed by atoms with E-state index in [-0.39, 0.29) is 18.2 Å². The van der Waals surface area contributed by atoms with Crippen molar-refractivity contribution in [2.75, 3.05) is 0 Å². The Morgan fingerprint density at radius 2 is 2.05 bits per heavy atom. The third kappa shape index (κ3) is 3.38. The molecule has 1 heterocycles. The van der Waals surface area contributed by atoms with Gasteiger partial charge in [0.05, 0.1) is 0 Å². The van der Waals surface area contributed by atoms with Gasteiger partial charge in [-0.15, -0.1) is 0 Å². The van der Waals surface area contributed by atoms with Gasteiger partial charge >= 0.3 is 6.09 Å². The summed E-state index contributed by atoms with van der Waals surface area (Å²) in [5.74, 6) is 0.676. The zero-order chi connectivity index (χ0) is 14.7. The number of hydrogen-bond acceptors (Lipinski definition) is 3. The summed E-state index contributed by atoms with van der Waals surface area (Å²) in [6, 6.07) is 9.97. The van der Waals surface area contributed by atoms with Gasteiger partial charge < -0.3 is 14.5 Å². The zero-order valence-corrected chi connectivity index (χ0v) is 12.3. The molecule has 4 nitrogen and oxygen atoms in total. The molecule has 0 bridgehead atoms. The number of alkyl carbamates (subject to hydrolysis) is 1. The van der Waals surface area contributed by atoms with Crippen LogP contribution in [0, 0.1) is 0 Å². The molecule has 1 aromatic carbocycles. The summed E-state index contributed by atoms with van der Waals surface area (Å²) in [5, 5.41) is 3.97. The first-order valence-electron chi connectivity index (χ1n) is 7.68. The number of amides is 1. The first kappa shape index (κ1) is 14.0. The van der Waals surface area contributed by atoms with Crippen LogP contribution in [0.4, 0.5) is 4.79 Å². The van der Waals surface area contributed by atoms with Crippen molar-refractivity contribution < 1.29 is 13.9 Å². The molecule has 1 amide bonds. The normalized spacial score (nSPS) is 17.6. The molecule has 1 fully saturated rings. The van der Waals surface area contributed by atoms with Crippen LogP contribution in [0.3, 0.4) is 0 Å². The lowest BCUT2D eigenvalue weighted by Crippen LogP contribution is -2.36. The van der Waals surface area contributed by atoms with E-state index in [1.807, 2.05) is 37.3 Å². The Morgan fingerprint density at radius 1 is 1.29 bits per heavy atom. The first-order valence-corrected chi connectivity index (χ1v) is 7.68. The van der Waals surface area contributed by atoms with E-state index in [0.717, 1.165) is 23.8 Å². The molecule has 1 aromatic heterocycles. The summed E-state index contributed by atoms with van der Waals surface area (Å²) < 4.78 is 11.1.